The van der Waals surface area contributed by atoms with Gasteiger partial charge in [-0.25, -0.2) is 8.78 Å². The Kier molecular flexibility index (Phi) is 6.98. The highest BCUT2D eigenvalue weighted by molar-refractivity contribution is 5.35. The Hall–Kier alpha value is -2.49. The summed E-state index contributed by atoms with van der Waals surface area (Å²) in [6.45, 7) is 0.553. The van der Waals surface area contributed by atoms with Crippen molar-refractivity contribution in [2.24, 2.45) is 11.8 Å². The van der Waals surface area contributed by atoms with Gasteiger partial charge >= 0.3 is 12.5 Å². The van der Waals surface area contributed by atoms with Crippen molar-refractivity contribution in [2.45, 2.75) is 57.1 Å². The summed E-state index contributed by atoms with van der Waals surface area (Å²) in [5.41, 5.74) is -0.659. The van der Waals surface area contributed by atoms with E-state index in [1.54, 1.807) is 0 Å². The summed E-state index contributed by atoms with van der Waals surface area (Å²) in [5, 5.41) is 0. The van der Waals surface area contributed by atoms with Gasteiger partial charge in [0.15, 0.2) is 11.6 Å². The zero-order valence-electron chi connectivity index (χ0n) is 18.0. The van der Waals surface area contributed by atoms with E-state index >= 15 is 0 Å². The van der Waals surface area contributed by atoms with Crippen molar-refractivity contribution in [1.82, 2.24) is 0 Å². The molecule has 2 unspecified atom stereocenters. The first-order valence-corrected chi connectivity index (χ1v) is 11.1. The molecule has 34 heavy (non-hydrogen) atoms. The molecule has 0 amide bonds. The van der Waals surface area contributed by atoms with Crippen LogP contribution in [0.15, 0.2) is 36.4 Å². The molecule has 0 aromatic heterocycles. The lowest BCUT2D eigenvalue weighted by molar-refractivity contribution is -0.275. The Morgan fingerprint density at radius 3 is 2.09 bits per heavy atom. The Bertz CT molecular complexity index is 995. The van der Waals surface area contributed by atoms with Crippen LogP contribution in [0, 0.1) is 23.5 Å². The van der Waals surface area contributed by atoms with Crippen molar-refractivity contribution >= 4 is 0 Å². The van der Waals surface area contributed by atoms with E-state index in [-0.39, 0.29) is 0 Å². The molecular weight excluding hydrogens is 469 g/mol. The molecule has 1 aliphatic heterocycles. The van der Waals surface area contributed by atoms with E-state index in [1.807, 2.05) is 0 Å². The molecule has 1 heterocycles. The van der Waals surface area contributed by atoms with Crippen LogP contribution in [0.5, 0.6) is 11.5 Å². The third-order valence-electron chi connectivity index (χ3n) is 6.43. The molecule has 2 fully saturated rings. The lowest BCUT2D eigenvalue weighted by Gasteiger charge is -2.33. The molecule has 2 aromatic rings. The van der Waals surface area contributed by atoms with Gasteiger partial charge in [-0.1, -0.05) is 31.7 Å². The molecule has 3 nitrogen and oxygen atoms in total. The minimum Gasteiger partial charge on any atom is -0.429 e. The smallest absolute Gasteiger partial charge is 0.429 e. The van der Waals surface area contributed by atoms with Gasteiger partial charge in [0.1, 0.15) is 11.6 Å². The van der Waals surface area contributed by atoms with E-state index in [2.05, 4.69) is 9.47 Å². The van der Waals surface area contributed by atoms with E-state index in [4.69, 9.17) is 4.74 Å². The summed E-state index contributed by atoms with van der Waals surface area (Å²) < 4.78 is 108. The van der Waals surface area contributed by atoms with Crippen molar-refractivity contribution in [3.05, 3.63) is 59.2 Å². The van der Waals surface area contributed by atoms with E-state index in [1.165, 1.54) is 31.7 Å². The van der Waals surface area contributed by atoms with E-state index < -0.39 is 47.3 Å². The fourth-order valence-electron chi connectivity index (χ4n) is 4.76. The molecule has 4 rings (SSSR count). The van der Waals surface area contributed by atoms with Crippen LogP contribution in [0.4, 0.5) is 30.7 Å². The molecular formula is C24H23F7O3. The Labute approximate surface area is 191 Å². The largest absolute Gasteiger partial charge is 0.573 e. The zero-order valence-corrected chi connectivity index (χ0v) is 18.0. The fraction of sp³-hybridized carbons (Fsp3) is 0.500. The SMILES string of the molecule is Fc1cc(OC(F)(F)c2ccc(C3CCC(C4CCCC4)CO3)cc2F)ccc1OC(F)(F)F. The van der Waals surface area contributed by atoms with E-state index in [0.717, 1.165) is 18.6 Å². The Morgan fingerprint density at radius 1 is 0.765 bits per heavy atom. The number of hydrogen-bond donors (Lipinski definition) is 0. The second kappa shape index (κ2) is 9.64. The average Bonchev–Trinajstić information content (AvgIpc) is 3.29. The summed E-state index contributed by atoms with van der Waals surface area (Å²) in [6.07, 6.45) is -3.32. The quantitative estimate of drug-likeness (QED) is 0.388. The maximum atomic E-state index is 14.6. The summed E-state index contributed by atoms with van der Waals surface area (Å²) in [6, 6.07) is 4.63. The second-order valence-electron chi connectivity index (χ2n) is 8.70. The van der Waals surface area contributed by atoms with Crippen molar-refractivity contribution in [2.75, 3.05) is 6.61 Å². The summed E-state index contributed by atoms with van der Waals surface area (Å²) in [7, 11) is 0. The minimum atomic E-state index is -5.16. The monoisotopic (exact) mass is 492 g/mol. The predicted molar refractivity (Wildman–Crippen MR) is 107 cm³/mol. The van der Waals surface area contributed by atoms with Gasteiger partial charge in [-0.2, -0.15) is 8.78 Å². The molecule has 0 radical (unpaired) electrons. The Balaban J connectivity index is 1.42. The number of benzene rings is 2. The first-order valence-electron chi connectivity index (χ1n) is 11.1. The highest BCUT2D eigenvalue weighted by atomic mass is 19.4. The van der Waals surface area contributed by atoms with Gasteiger partial charge in [0.2, 0.25) is 0 Å². The number of ether oxygens (including phenoxy) is 3. The highest BCUT2D eigenvalue weighted by Crippen LogP contribution is 2.41. The van der Waals surface area contributed by atoms with Crippen LogP contribution in [0.25, 0.3) is 0 Å². The van der Waals surface area contributed by atoms with E-state index in [0.29, 0.717) is 48.6 Å². The molecule has 2 aliphatic rings. The highest BCUT2D eigenvalue weighted by Gasteiger charge is 2.39. The van der Waals surface area contributed by atoms with Crippen LogP contribution in [0.1, 0.15) is 55.8 Å². The normalized spacial score (nSPS) is 22.1. The maximum absolute atomic E-state index is 14.6. The lowest BCUT2D eigenvalue weighted by atomic mass is 9.84. The van der Waals surface area contributed by atoms with Crippen LogP contribution in [0.2, 0.25) is 0 Å². The molecule has 1 saturated carbocycles. The molecule has 0 bridgehead atoms. The van der Waals surface area contributed by atoms with Gasteiger partial charge < -0.3 is 14.2 Å². The third kappa shape index (κ3) is 5.76. The topological polar surface area (TPSA) is 27.7 Å². The number of alkyl halides is 5. The van der Waals surface area contributed by atoms with Gasteiger partial charge in [-0.3, -0.25) is 0 Å². The summed E-state index contributed by atoms with van der Waals surface area (Å²) in [5.74, 6) is -3.69. The molecule has 0 N–H and O–H groups in total. The molecule has 1 saturated heterocycles. The van der Waals surface area contributed by atoms with Crippen molar-refractivity contribution < 1.29 is 44.9 Å². The predicted octanol–water partition coefficient (Wildman–Crippen LogP) is 7.65. The molecule has 186 valence electrons. The second-order valence-corrected chi connectivity index (χ2v) is 8.70. The summed E-state index contributed by atoms with van der Waals surface area (Å²) >= 11 is 0. The van der Waals surface area contributed by atoms with Crippen LogP contribution in [-0.4, -0.2) is 13.0 Å². The van der Waals surface area contributed by atoms with Crippen molar-refractivity contribution in [3.8, 4) is 11.5 Å². The number of rotatable bonds is 6. The maximum Gasteiger partial charge on any atom is 0.573 e. The van der Waals surface area contributed by atoms with Gasteiger partial charge in [-0.05, 0) is 54.5 Å². The molecule has 1 aliphatic carbocycles. The first-order chi connectivity index (χ1) is 16.0. The van der Waals surface area contributed by atoms with E-state index in [9.17, 15) is 30.7 Å². The van der Waals surface area contributed by atoms with Crippen molar-refractivity contribution in [1.29, 1.82) is 0 Å². The zero-order chi connectivity index (χ0) is 24.5. The molecule has 2 aromatic carbocycles. The van der Waals surface area contributed by atoms with Gasteiger partial charge in [0, 0.05) is 6.07 Å². The first kappa shape index (κ1) is 24.6. The van der Waals surface area contributed by atoms with Gasteiger partial charge in [0.25, 0.3) is 0 Å². The van der Waals surface area contributed by atoms with Crippen LogP contribution >= 0.6 is 0 Å². The summed E-state index contributed by atoms with van der Waals surface area (Å²) in [4.78, 5) is 0. The van der Waals surface area contributed by atoms with Gasteiger partial charge in [-0.15, -0.1) is 13.2 Å². The van der Waals surface area contributed by atoms with Gasteiger partial charge in [0.05, 0.1) is 18.3 Å². The van der Waals surface area contributed by atoms with Crippen LogP contribution in [-0.2, 0) is 10.8 Å². The minimum absolute atomic E-state index is 0.303. The molecule has 2 atom stereocenters. The van der Waals surface area contributed by atoms with Crippen molar-refractivity contribution in [3.63, 3.8) is 0 Å². The Morgan fingerprint density at radius 2 is 1.50 bits per heavy atom. The lowest BCUT2D eigenvalue weighted by Crippen LogP contribution is -2.26. The fourth-order valence-corrected chi connectivity index (χ4v) is 4.76. The standard InChI is InChI=1S/C24H23F7O3/c25-19-11-15(21-9-6-16(13-32-21)14-3-1-2-4-14)5-8-18(19)23(27,28)33-17-7-10-22(20(26)12-17)34-24(29,30)31/h5,7-8,10-12,14,16,21H,1-4,6,9,13H2. The number of hydrogen-bond acceptors (Lipinski definition) is 3. The number of halogens is 7. The average molecular weight is 492 g/mol. The van der Waals surface area contributed by atoms with Crippen LogP contribution in [0.3, 0.4) is 0 Å². The molecule has 0 spiro atoms. The third-order valence-corrected chi connectivity index (χ3v) is 6.43. The van der Waals surface area contributed by atoms with Crippen LogP contribution < -0.4 is 9.47 Å². The molecule has 10 heteroatoms.